The van der Waals surface area contributed by atoms with Crippen LogP contribution in [0.1, 0.15) is 35.7 Å². The van der Waals surface area contributed by atoms with Crippen molar-refractivity contribution in [1.29, 1.82) is 0 Å². The lowest BCUT2D eigenvalue weighted by atomic mass is 10.1. The first-order valence-corrected chi connectivity index (χ1v) is 7.07. The average Bonchev–Trinajstić information content (AvgIpc) is 2.42. The summed E-state index contributed by atoms with van der Waals surface area (Å²) in [5.41, 5.74) is 3.48. The molecule has 15 heavy (non-hydrogen) atoms. The van der Waals surface area contributed by atoms with E-state index in [0.29, 0.717) is 0 Å². The molecule has 2 nitrogen and oxygen atoms in total. The third kappa shape index (κ3) is 3.15. The van der Waals surface area contributed by atoms with Crippen molar-refractivity contribution in [2.45, 2.75) is 39.1 Å². The van der Waals surface area contributed by atoms with E-state index < -0.39 is 0 Å². The average molecular weight is 247 g/mol. The van der Waals surface area contributed by atoms with Crippen LogP contribution in [-0.2, 0) is 6.54 Å². The number of hydrogen-bond acceptors (Lipinski definition) is 2. The molecule has 1 aromatic heterocycles. The number of aryl methyl sites for hydroxylation is 2. The van der Waals surface area contributed by atoms with Crippen molar-refractivity contribution in [2.75, 3.05) is 12.0 Å². The molecule has 0 aliphatic rings. The molecule has 1 aromatic rings. The largest absolute Gasteiger partial charge is 0.269 e. The van der Waals surface area contributed by atoms with Crippen molar-refractivity contribution in [3.8, 4) is 0 Å². The summed E-state index contributed by atoms with van der Waals surface area (Å²) in [5.74, 6) is 1.18. The predicted molar refractivity (Wildman–Crippen MR) is 69.0 cm³/mol. The molecule has 0 aromatic carbocycles. The number of aromatic nitrogens is 2. The Morgan fingerprint density at radius 1 is 1.47 bits per heavy atom. The lowest BCUT2D eigenvalue weighted by Crippen LogP contribution is -2.04. The Hall–Kier alpha value is -0.150. The molecular formula is C11H19ClN2S. The standard InChI is InChI=1S/C11H19ClN2S/c1-8(12)11-9(2)13-14(10(11)3)6-5-7-15-4/h8H,5-7H2,1-4H3. The van der Waals surface area contributed by atoms with E-state index >= 15 is 0 Å². The molecular weight excluding hydrogens is 228 g/mol. The van der Waals surface area contributed by atoms with E-state index in [9.17, 15) is 0 Å². The first-order valence-electron chi connectivity index (χ1n) is 5.24. The first kappa shape index (κ1) is 12.9. The number of nitrogens with zero attached hydrogens (tertiary/aromatic N) is 2. The van der Waals surface area contributed by atoms with Gasteiger partial charge < -0.3 is 0 Å². The van der Waals surface area contributed by atoms with E-state index in [1.54, 1.807) is 0 Å². The molecule has 1 unspecified atom stereocenters. The van der Waals surface area contributed by atoms with Crippen LogP contribution in [0.2, 0.25) is 0 Å². The molecule has 0 aliphatic carbocycles. The monoisotopic (exact) mass is 246 g/mol. The lowest BCUT2D eigenvalue weighted by Gasteiger charge is -2.05. The van der Waals surface area contributed by atoms with Gasteiger partial charge in [0.2, 0.25) is 0 Å². The van der Waals surface area contributed by atoms with Crippen LogP contribution in [0.15, 0.2) is 0 Å². The minimum absolute atomic E-state index is 0.0549. The van der Waals surface area contributed by atoms with E-state index in [1.165, 1.54) is 23.4 Å². The lowest BCUT2D eigenvalue weighted by molar-refractivity contribution is 0.586. The van der Waals surface area contributed by atoms with Crippen LogP contribution in [0.5, 0.6) is 0 Å². The van der Waals surface area contributed by atoms with Crippen molar-refractivity contribution in [3.63, 3.8) is 0 Å². The minimum Gasteiger partial charge on any atom is -0.269 e. The summed E-state index contributed by atoms with van der Waals surface area (Å²) in [6.45, 7) is 7.14. The van der Waals surface area contributed by atoms with Crippen molar-refractivity contribution < 1.29 is 0 Å². The number of halogens is 1. The zero-order valence-corrected chi connectivity index (χ0v) is 11.5. The SMILES string of the molecule is CSCCCn1nc(C)c(C(C)Cl)c1C. The van der Waals surface area contributed by atoms with Crippen molar-refractivity contribution >= 4 is 23.4 Å². The van der Waals surface area contributed by atoms with E-state index in [1.807, 2.05) is 25.6 Å². The fourth-order valence-electron chi connectivity index (χ4n) is 1.86. The van der Waals surface area contributed by atoms with Crippen LogP contribution in [-0.4, -0.2) is 21.8 Å². The molecule has 0 spiro atoms. The minimum atomic E-state index is 0.0549. The van der Waals surface area contributed by atoms with Gasteiger partial charge in [0.1, 0.15) is 0 Å². The van der Waals surface area contributed by atoms with Gasteiger partial charge in [0.25, 0.3) is 0 Å². The fraction of sp³-hybridized carbons (Fsp3) is 0.727. The molecule has 0 radical (unpaired) electrons. The van der Waals surface area contributed by atoms with Crippen molar-refractivity contribution in [1.82, 2.24) is 9.78 Å². The molecule has 0 N–H and O–H groups in total. The summed E-state index contributed by atoms with van der Waals surface area (Å²) in [7, 11) is 0. The first-order chi connectivity index (χ1) is 7.07. The number of rotatable bonds is 5. The Balaban J connectivity index is 2.77. The highest BCUT2D eigenvalue weighted by molar-refractivity contribution is 7.98. The maximum Gasteiger partial charge on any atom is 0.0643 e. The summed E-state index contributed by atoms with van der Waals surface area (Å²) in [4.78, 5) is 0. The van der Waals surface area contributed by atoms with Crippen LogP contribution >= 0.6 is 23.4 Å². The van der Waals surface area contributed by atoms with Gasteiger partial charge in [-0.05, 0) is 39.2 Å². The zero-order valence-electron chi connectivity index (χ0n) is 9.88. The summed E-state index contributed by atoms with van der Waals surface area (Å²) < 4.78 is 2.08. The summed E-state index contributed by atoms with van der Waals surface area (Å²) in [6, 6.07) is 0. The maximum atomic E-state index is 6.13. The maximum absolute atomic E-state index is 6.13. The van der Waals surface area contributed by atoms with Gasteiger partial charge in [-0.25, -0.2) is 0 Å². The quantitative estimate of drug-likeness (QED) is 0.584. The molecule has 86 valence electrons. The molecule has 0 saturated carbocycles. The van der Waals surface area contributed by atoms with Gasteiger partial charge in [-0.3, -0.25) is 4.68 Å². The molecule has 1 heterocycles. The van der Waals surface area contributed by atoms with Crippen molar-refractivity contribution in [2.24, 2.45) is 0 Å². The molecule has 0 fully saturated rings. The molecule has 0 amide bonds. The zero-order chi connectivity index (χ0) is 11.4. The molecule has 0 bridgehead atoms. The fourth-order valence-corrected chi connectivity index (χ4v) is 2.60. The van der Waals surface area contributed by atoms with Crippen LogP contribution < -0.4 is 0 Å². The number of alkyl halides is 1. The van der Waals surface area contributed by atoms with Gasteiger partial charge in [0.15, 0.2) is 0 Å². The van der Waals surface area contributed by atoms with Crippen LogP contribution in [0.3, 0.4) is 0 Å². The topological polar surface area (TPSA) is 17.8 Å². The Morgan fingerprint density at radius 2 is 2.13 bits per heavy atom. The summed E-state index contributed by atoms with van der Waals surface area (Å²) >= 11 is 8.01. The molecule has 4 heteroatoms. The van der Waals surface area contributed by atoms with Gasteiger partial charge in [0.05, 0.1) is 11.1 Å². The van der Waals surface area contributed by atoms with Gasteiger partial charge in [-0.15, -0.1) is 11.6 Å². The molecule has 1 rings (SSSR count). The second-order valence-electron chi connectivity index (χ2n) is 3.77. The predicted octanol–water partition coefficient (Wildman–Crippen LogP) is 3.55. The third-order valence-electron chi connectivity index (χ3n) is 2.55. The van der Waals surface area contributed by atoms with E-state index in [-0.39, 0.29) is 5.38 Å². The Morgan fingerprint density at radius 3 is 2.60 bits per heavy atom. The third-order valence-corrected chi connectivity index (χ3v) is 3.47. The number of hydrogen-bond donors (Lipinski definition) is 0. The second-order valence-corrected chi connectivity index (χ2v) is 5.41. The van der Waals surface area contributed by atoms with Crippen LogP contribution in [0, 0.1) is 13.8 Å². The van der Waals surface area contributed by atoms with E-state index in [0.717, 1.165) is 12.2 Å². The van der Waals surface area contributed by atoms with Crippen molar-refractivity contribution in [3.05, 3.63) is 17.0 Å². The Bertz CT molecular complexity index is 321. The molecule has 1 atom stereocenters. The van der Waals surface area contributed by atoms with Gasteiger partial charge in [0, 0.05) is 17.8 Å². The molecule has 0 aliphatic heterocycles. The van der Waals surface area contributed by atoms with Gasteiger partial charge >= 0.3 is 0 Å². The Labute approximate surface area is 101 Å². The van der Waals surface area contributed by atoms with Crippen LogP contribution in [0.4, 0.5) is 0 Å². The smallest absolute Gasteiger partial charge is 0.0643 e. The highest BCUT2D eigenvalue weighted by Gasteiger charge is 2.14. The van der Waals surface area contributed by atoms with Gasteiger partial charge in [-0.2, -0.15) is 16.9 Å². The highest BCUT2D eigenvalue weighted by atomic mass is 35.5. The highest BCUT2D eigenvalue weighted by Crippen LogP contribution is 2.26. The molecule has 0 saturated heterocycles. The number of thioether (sulfide) groups is 1. The summed E-state index contributed by atoms with van der Waals surface area (Å²) in [5, 5.41) is 4.58. The normalized spacial score (nSPS) is 13.1. The summed E-state index contributed by atoms with van der Waals surface area (Å²) in [6.07, 6.45) is 3.30. The van der Waals surface area contributed by atoms with E-state index in [4.69, 9.17) is 11.6 Å². The van der Waals surface area contributed by atoms with E-state index in [2.05, 4.69) is 23.0 Å². The van der Waals surface area contributed by atoms with Crippen LogP contribution in [0.25, 0.3) is 0 Å². The Kier molecular flexibility index (Phi) is 5.00. The second kappa shape index (κ2) is 5.80. The van der Waals surface area contributed by atoms with Gasteiger partial charge in [-0.1, -0.05) is 0 Å².